The normalized spacial score (nSPS) is 18.2. The van der Waals surface area contributed by atoms with Gasteiger partial charge in [-0.25, -0.2) is 17.7 Å². The van der Waals surface area contributed by atoms with E-state index < -0.39 is 10.0 Å². The maximum Gasteiger partial charge on any atom is 0.210 e. The molecule has 0 aromatic carbocycles. The van der Waals surface area contributed by atoms with Crippen molar-refractivity contribution in [1.29, 1.82) is 0 Å². The molecule has 8 heteroatoms. The van der Waals surface area contributed by atoms with Crippen LogP contribution in [-0.2, 0) is 10.0 Å². The smallest absolute Gasteiger partial charge is 0.210 e. The minimum absolute atomic E-state index is 0.435. The number of aryl methyl sites for hydroxylation is 1. The minimum Gasteiger partial charge on any atom is -0.347 e. The van der Waals surface area contributed by atoms with E-state index in [9.17, 15) is 8.42 Å². The van der Waals surface area contributed by atoms with Crippen LogP contribution in [0.2, 0.25) is 0 Å². The Morgan fingerprint density at radius 1 is 1.42 bits per heavy atom. The highest BCUT2D eigenvalue weighted by Gasteiger charge is 2.24. The molecule has 0 unspecified atom stereocenters. The van der Waals surface area contributed by atoms with Crippen LogP contribution in [0, 0.1) is 12.8 Å². The second-order valence-corrected chi connectivity index (χ2v) is 7.92. The van der Waals surface area contributed by atoms with Crippen LogP contribution in [0.1, 0.15) is 18.7 Å². The van der Waals surface area contributed by atoms with Crippen LogP contribution >= 0.6 is 11.5 Å². The predicted octanol–water partition coefficient (Wildman–Crippen LogP) is 0.954. The molecule has 1 saturated heterocycles. The van der Waals surface area contributed by atoms with Gasteiger partial charge in [-0.05, 0) is 25.7 Å². The molecule has 6 nitrogen and oxygen atoms in total. The van der Waals surface area contributed by atoms with Gasteiger partial charge in [-0.2, -0.15) is 4.37 Å². The molecule has 0 N–H and O–H groups in total. The fourth-order valence-corrected chi connectivity index (χ4v) is 3.43. The summed E-state index contributed by atoms with van der Waals surface area (Å²) >= 11 is 1.43. The molecule has 108 valence electrons. The van der Waals surface area contributed by atoms with Crippen molar-refractivity contribution in [2.45, 2.75) is 19.8 Å². The Kier molecular flexibility index (Phi) is 4.42. The van der Waals surface area contributed by atoms with Crippen LogP contribution < -0.4 is 4.90 Å². The second kappa shape index (κ2) is 5.72. The third-order valence-corrected chi connectivity index (χ3v) is 5.63. The largest absolute Gasteiger partial charge is 0.347 e. The van der Waals surface area contributed by atoms with E-state index in [1.807, 2.05) is 6.92 Å². The Morgan fingerprint density at radius 2 is 2.05 bits per heavy atom. The van der Waals surface area contributed by atoms with E-state index in [4.69, 9.17) is 0 Å². The molecule has 1 aliphatic rings. The van der Waals surface area contributed by atoms with Crippen molar-refractivity contribution >= 4 is 26.7 Å². The van der Waals surface area contributed by atoms with Gasteiger partial charge in [0, 0.05) is 38.2 Å². The summed E-state index contributed by atoms with van der Waals surface area (Å²) in [7, 11) is -1.42. The first kappa shape index (κ1) is 14.7. The molecule has 0 saturated carbocycles. The summed E-state index contributed by atoms with van der Waals surface area (Å²) in [5.41, 5.74) is 0. The first-order valence-electron chi connectivity index (χ1n) is 6.33. The van der Waals surface area contributed by atoms with Gasteiger partial charge < -0.3 is 4.90 Å². The molecule has 0 bridgehead atoms. The Morgan fingerprint density at radius 3 is 2.53 bits per heavy atom. The lowest BCUT2D eigenvalue weighted by atomic mass is 9.97. The lowest BCUT2D eigenvalue weighted by Crippen LogP contribution is -2.39. The highest BCUT2D eigenvalue weighted by molar-refractivity contribution is 7.88. The fourth-order valence-electron chi connectivity index (χ4n) is 2.22. The van der Waals surface area contributed by atoms with E-state index >= 15 is 0 Å². The molecule has 0 radical (unpaired) electrons. The number of aromatic nitrogens is 2. The van der Waals surface area contributed by atoms with Gasteiger partial charge in [-0.3, -0.25) is 0 Å². The van der Waals surface area contributed by atoms with Gasteiger partial charge in [0.1, 0.15) is 5.82 Å². The number of anilines is 1. The Labute approximate surface area is 118 Å². The van der Waals surface area contributed by atoms with E-state index in [2.05, 4.69) is 14.3 Å². The van der Waals surface area contributed by atoms with Crippen molar-refractivity contribution in [3.05, 3.63) is 5.82 Å². The van der Waals surface area contributed by atoms with Crippen LogP contribution in [0.4, 0.5) is 5.13 Å². The maximum absolute atomic E-state index is 11.4. The highest BCUT2D eigenvalue weighted by atomic mass is 32.2. The molecular weight excluding hydrogens is 284 g/mol. The zero-order chi connectivity index (χ0) is 14.0. The first-order valence-corrected chi connectivity index (χ1v) is 8.95. The van der Waals surface area contributed by atoms with E-state index in [1.165, 1.54) is 22.1 Å². The topological polar surface area (TPSA) is 66.4 Å². The number of nitrogens with zero attached hydrogens (tertiary/aromatic N) is 4. The third-order valence-electron chi connectivity index (χ3n) is 3.48. The van der Waals surface area contributed by atoms with Crippen LogP contribution in [-0.4, -0.2) is 55.0 Å². The summed E-state index contributed by atoms with van der Waals surface area (Å²) in [5.74, 6) is 1.25. The van der Waals surface area contributed by atoms with Crippen LogP contribution in [0.3, 0.4) is 0 Å². The number of sulfonamides is 1. The van der Waals surface area contributed by atoms with Crippen molar-refractivity contribution in [3.8, 4) is 0 Å². The SMILES string of the molecule is Cc1nsc(N2CCC(CN(C)S(C)(=O)=O)CC2)n1. The molecule has 0 spiro atoms. The van der Waals surface area contributed by atoms with Gasteiger partial charge in [0.2, 0.25) is 15.2 Å². The Bertz CT molecular complexity index is 521. The molecule has 2 heterocycles. The zero-order valence-electron chi connectivity index (χ0n) is 11.5. The maximum atomic E-state index is 11.4. The average Bonchev–Trinajstić information content (AvgIpc) is 2.75. The number of hydrogen-bond acceptors (Lipinski definition) is 6. The van der Waals surface area contributed by atoms with E-state index in [1.54, 1.807) is 7.05 Å². The van der Waals surface area contributed by atoms with E-state index in [-0.39, 0.29) is 0 Å². The van der Waals surface area contributed by atoms with Crippen LogP contribution in [0.25, 0.3) is 0 Å². The Balaban J connectivity index is 1.86. The molecule has 1 aliphatic heterocycles. The van der Waals surface area contributed by atoms with Crippen molar-refractivity contribution in [1.82, 2.24) is 13.7 Å². The summed E-state index contributed by atoms with van der Waals surface area (Å²) in [6.45, 7) is 4.36. The second-order valence-electron chi connectivity index (χ2n) is 5.10. The summed E-state index contributed by atoms with van der Waals surface area (Å²) in [5, 5.41) is 0.979. The van der Waals surface area contributed by atoms with Crippen molar-refractivity contribution in [3.63, 3.8) is 0 Å². The van der Waals surface area contributed by atoms with Crippen LogP contribution in [0.15, 0.2) is 0 Å². The monoisotopic (exact) mass is 304 g/mol. The quantitative estimate of drug-likeness (QED) is 0.829. The molecule has 0 atom stereocenters. The minimum atomic E-state index is -3.07. The fraction of sp³-hybridized carbons (Fsp3) is 0.818. The lowest BCUT2D eigenvalue weighted by Gasteiger charge is -2.32. The molecular formula is C11H20N4O2S2. The van der Waals surface area contributed by atoms with Crippen molar-refractivity contribution in [2.75, 3.05) is 37.8 Å². The van der Waals surface area contributed by atoms with Gasteiger partial charge in [0.05, 0.1) is 6.26 Å². The standard InChI is InChI=1S/C11H20N4O2S2/c1-9-12-11(18-13-9)15-6-4-10(5-7-15)8-14(2)19(3,16)17/h10H,4-8H2,1-3H3. The van der Waals surface area contributed by atoms with Gasteiger partial charge >= 0.3 is 0 Å². The number of rotatable bonds is 4. The number of hydrogen-bond donors (Lipinski definition) is 0. The molecule has 1 aromatic rings. The van der Waals surface area contributed by atoms with Gasteiger partial charge in [0.15, 0.2) is 0 Å². The third kappa shape index (κ3) is 3.87. The molecule has 0 amide bonds. The summed E-state index contributed by atoms with van der Waals surface area (Å²) in [6.07, 6.45) is 3.25. The van der Waals surface area contributed by atoms with Crippen LogP contribution in [0.5, 0.6) is 0 Å². The van der Waals surface area contributed by atoms with Gasteiger partial charge in [-0.15, -0.1) is 0 Å². The van der Waals surface area contributed by atoms with Crippen molar-refractivity contribution in [2.24, 2.45) is 5.92 Å². The zero-order valence-corrected chi connectivity index (χ0v) is 13.2. The lowest BCUT2D eigenvalue weighted by molar-refractivity contribution is 0.329. The van der Waals surface area contributed by atoms with E-state index in [0.717, 1.165) is 36.9 Å². The Hall–Kier alpha value is -0.730. The summed E-state index contributed by atoms with van der Waals surface area (Å²) < 4.78 is 28.4. The summed E-state index contributed by atoms with van der Waals surface area (Å²) in [6, 6.07) is 0. The molecule has 0 aliphatic carbocycles. The number of piperidine rings is 1. The van der Waals surface area contributed by atoms with Crippen molar-refractivity contribution < 1.29 is 8.42 Å². The van der Waals surface area contributed by atoms with E-state index in [0.29, 0.717) is 12.5 Å². The van der Waals surface area contributed by atoms with Gasteiger partial charge in [-0.1, -0.05) is 0 Å². The van der Waals surface area contributed by atoms with Gasteiger partial charge in [0.25, 0.3) is 0 Å². The molecule has 1 aromatic heterocycles. The molecule has 2 rings (SSSR count). The first-order chi connectivity index (χ1) is 8.86. The predicted molar refractivity (Wildman–Crippen MR) is 77.1 cm³/mol. The molecule has 1 fully saturated rings. The molecule has 19 heavy (non-hydrogen) atoms. The highest BCUT2D eigenvalue weighted by Crippen LogP contribution is 2.25. The summed E-state index contributed by atoms with van der Waals surface area (Å²) in [4.78, 5) is 6.62. The average molecular weight is 304 g/mol.